The van der Waals surface area contributed by atoms with Crippen molar-refractivity contribution in [3.05, 3.63) is 72.3 Å². The predicted molar refractivity (Wildman–Crippen MR) is 115 cm³/mol. The normalized spacial score (nSPS) is 10.9. The van der Waals surface area contributed by atoms with Crippen LogP contribution in [-0.2, 0) is 16.6 Å². The van der Waals surface area contributed by atoms with Crippen molar-refractivity contribution in [2.75, 3.05) is 17.1 Å². The molecule has 1 aromatic heterocycles. The van der Waals surface area contributed by atoms with Gasteiger partial charge in [0.05, 0.1) is 12.0 Å². The molecule has 156 valence electrons. The third kappa shape index (κ3) is 5.84. The van der Waals surface area contributed by atoms with E-state index >= 15 is 0 Å². The third-order valence-electron chi connectivity index (χ3n) is 3.88. The maximum Gasteiger partial charge on any atom is 0.263 e. The van der Waals surface area contributed by atoms with E-state index in [4.69, 9.17) is 17.0 Å². The summed E-state index contributed by atoms with van der Waals surface area (Å²) in [7, 11) is -2.41. The molecule has 0 saturated heterocycles. The zero-order chi connectivity index (χ0) is 21.6. The van der Waals surface area contributed by atoms with Gasteiger partial charge in [0, 0.05) is 18.3 Å². The lowest BCUT2D eigenvalue weighted by atomic mass is 10.2. The topological polar surface area (TPSA) is 105 Å². The van der Waals surface area contributed by atoms with Gasteiger partial charge in [-0.1, -0.05) is 12.1 Å². The van der Waals surface area contributed by atoms with Crippen LogP contribution < -0.4 is 20.1 Å². The van der Waals surface area contributed by atoms with Crippen LogP contribution >= 0.6 is 12.2 Å². The van der Waals surface area contributed by atoms with Gasteiger partial charge in [0.25, 0.3) is 10.0 Å². The zero-order valence-corrected chi connectivity index (χ0v) is 17.4. The summed E-state index contributed by atoms with van der Waals surface area (Å²) in [6, 6.07) is 13.5. The minimum Gasteiger partial charge on any atom is -0.481 e. The second-order valence-corrected chi connectivity index (χ2v) is 8.10. The second-order valence-electron chi connectivity index (χ2n) is 6.01. The van der Waals surface area contributed by atoms with Crippen molar-refractivity contribution in [2.45, 2.75) is 11.4 Å². The first kappa shape index (κ1) is 21.4. The Hall–Kier alpha value is -3.31. The molecule has 0 aliphatic carbocycles. The van der Waals surface area contributed by atoms with E-state index in [2.05, 4.69) is 25.3 Å². The molecule has 1 heterocycles. The quantitative estimate of drug-likeness (QED) is 0.475. The predicted octanol–water partition coefficient (Wildman–Crippen LogP) is 2.91. The first-order valence-corrected chi connectivity index (χ1v) is 10.5. The number of aromatic nitrogens is 2. The van der Waals surface area contributed by atoms with Crippen LogP contribution in [0.25, 0.3) is 0 Å². The molecule has 0 fully saturated rings. The van der Waals surface area contributed by atoms with E-state index in [0.29, 0.717) is 17.3 Å². The number of ether oxygens (including phenoxy) is 1. The van der Waals surface area contributed by atoms with E-state index in [0.717, 1.165) is 5.56 Å². The van der Waals surface area contributed by atoms with Crippen LogP contribution in [0, 0.1) is 5.82 Å². The highest BCUT2D eigenvalue weighted by molar-refractivity contribution is 7.92. The van der Waals surface area contributed by atoms with Crippen molar-refractivity contribution >= 4 is 38.9 Å². The number of rotatable bonds is 7. The molecule has 0 aliphatic rings. The van der Waals surface area contributed by atoms with Gasteiger partial charge in [-0.15, -0.1) is 0 Å². The molecule has 0 amide bonds. The lowest BCUT2D eigenvalue weighted by Crippen LogP contribution is -2.27. The van der Waals surface area contributed by atoms with Gasteiger partial charge in [-0.05, 0) is 54.2 Å². The molecule has 0 unspecified atom stereocenters. The fourth-order valence-electron chi connectivity index (χ4n) is 2.38. The van der Waals surface area contributed by atoms with Crippen LogP contribution in [0.5, 0.6) is 5.88 Å². The lowest BCUT2D eigenvalue weighted by Gasteiger charge is -2.12. The molecule has 8 nitrogen and oxygen atoms in total. The smallest absolute Gasteiger partial charge is 0.263 e. The number of sulfonamides is 1. The third-order valence-corrected chi connectivity index (χ3v) is 5.50. The fraction of sp³-hybridized carbons (Fsp3) is 0.105. The molecule has 0 spiro atoms. The first-order valence-electron chi connectivity index (χ1n) is 8.64. The molecule has 3 aromatic rings. The number of anilines is 2. The van der Waals surface area contributed by atoms with Crippen LogP contribution in [0.3, 0.4) is 0 Å². The molecule has 3 rings (SSSR count). The van der Waals surface area contributed by atoms with Gasteiger partial charge in [0.15, 0.2) is 5.11 Å². The first-order chi connectivity index (χ1) is 14.4. The van der Waals surface area contributed by atoms with E-state index < -0.39 is 10.0 Å². The molecule has 30 heavy (non-hydrogen) atoms. The number of hydrogen-bond acceptors (Lipinski definition) is 6. The van der Waals surface area contributed by atoms with Crippen LogP contribution in [0.2, 0.25) is 0 Å². The largest absolute Gasteiger partial charge is 0.481 e. The number of halogens is 1. The number of thiocarbonyl (C=S) groups is 1. The number of methoxy groups -OCH3 is 1. The van der Waals surface area contributed by atoms with Gasteiger partial charge in [-0.3, -0.25) is 4.72 Å². The van der Waals surface area contributed by atoms with Crippen LogP contribution in [0.15, 0.2) is 65.8 Å². The monoisotopic (exact) mass is 447 g/mol. The van der Waals surface area contributed by atoms with Crippen molar-refractivity contribution in [1.82, 2.24) is 15.3 Å². The van der Waals surface area contributed by atoms with Gasteiger partial charge in [-0.2, -0.15) is 0 Å². The van der Waals surface area contributed by atoms with Crippen LogP contribution in [0.1, 0.15) is 5.56 Å². The average Bonchev–Trinajstić information content (AvgIpc) is 2.73. The Morgan fingerprint density at radius 2 is 1.80 bits per heavy atom. The highest BCUT2D eigenvalue weighted by atomic mass is 32.2. The van der Waals surface area contributed by atoms with E-state index in [-0.39, 0.29) is 22.4 Å². The Balaban J connectivity index is 1.59. The Kier molecular flexibility index (Phi) is 6.75. The Labute approximate surface area is 178 Å². The molecule has 3 N–H and O–H groups in total. The number of nitrogens with one attached hydrogen (secondary N) is 3. The summed E-state index contributed by atoms with van der Waals surface area (Å²) in [5.74, 6) is 0.0296. The van der Waals surface area contributed by atoms with E-state index in [1.807, 2.05) is 0 Å². The molecule has 0 aliphatic heterocycles. The summed E-state index contributed by atoms with van der Waals surface area (Å²) in [6.07, 6.45) is 1.20. The van der Waals surface area contributed by atoms with Gasteiger partial charge in [0.1, 0.15) is 18.0 Å². The Bertz CT molecular complexity index is 1120. The molecular formula is C19H18FN5O3S2. The summed E-state index contributed by atoms with van der Waals surface area (Å²) in [4.78, 5) is 7.74. The highest BCUT2D eigenvalue weighted by Crippen LogP contribution is 2.18. The highest BCUT2D eigenvalue weighted by Gasteiger charge is 2.15. The summed E-state index contributed by atoms with van der Waals surface area (Å²) in [5, 5.41) is 6.31. The molecule has 0 saturated carbocycles. The lowest BCUT2D eigenvalue weighted by molar-refractivity contribution is 0.397. The Morgan fingerprint density at radius 3 is 2.47 bits per heavy atom. The summed E-state index contributed by atoms with van der Waals surface area (Å²) in [6.45, 7) is 0.422. The summed E-state index contributed by atoms with van der Waals surface area (Å²) < 4.78 is 45.3. The molecule has 11 heteroatoms. The van der Waals surface area contributed by atoms with E-state index in [9.17, 15) is 12.8 Å². The standard InChI is InChI=1S/C19H18FN5O3S2/c1-28-18-10-17(22-12-23-18)25-30(26,27)16-8-6-15(7-9-16)24-19(29)21-11-13-2-4-14(20)5-3-13/h2-10,12H,11H2,1H3,(H2,21,24,29)(H,22,23,25). The Morgan fingerprint density at radius 1 is 1.10 bits per heavy atom. The maximum absolute atomic E-state index is 12.9. The van der Waals surface area contributed by atoms with Crippen molar-refractivity contribution < 1.29 is 17.5 Å². The molecule has 0 bridgehead atoms. The second kappa shape index (κ2) is 9.46. The van der Waals surface area contributed by atoms with Crippen molar-refractivity contribution in [3.63, 3.8) is 0 Å². The molecular weight excluding hydrogens is 429 g/mol. The van der Waals surface area contributed by atoms with Gasteiger partial charge < -0.3 is 15.4 Å². The summed E-state index contributed by atoms with van der Waals surface area (Å²) >= 11 is 5.22. The molecule has 0 radical (unpaired) electrons. The zero-order valence-electron chi connectivity index (χ0n) is 15.8. The average molecular weight is 448 g/mol. The van der Waals surface area contributed by atoms with E-state index in [1.165, 1.54) is 43.8 Å². The minimum absolute atomic E-state index is 0.0517. The number of nitrogens with zero attached hydrogens (tertiary/aromatic N) is 2. The van der Waals surface area contributed by atoms with Crippen molar-refractivity contribution in [2.24, 2.45) is 0 Å². The van der Waals surface area contributed by atoms with Gasteiger partial charge in [-0.25, -0.2) is 22.8 Å². The number of hydrogen-bond donors (Lipinski definition) is 3. The number of benzene rings is 2. The van der Waals surface area contributed by atoms with Gasteiger partial charge >= 0.3 is 0 Å². The van der Waals surface area contributed by atoms with Crippen molar-refractivity contribution in [3.8, 4) is 5.88 Å². The molecule has 2 aromatic carbocycles. The van der Waals surface area contributed by atoms with Crippen LogP contribution in [-0.4, -0.2) is 30.6 Å². The fourth-order valence-corrected chi connectivity index (χ4v) is 3.57. The van der Waals surface area contributed by atoms with E-state index in [1.54, 1.807) is 24.3 Å². The maximum atomic E-state index is 12.9. The van der Waals surface area contributed by atoms with Gasteiger partial charge in [0.2, 0.25) is 5.88 Å². The minimum atomic E-state index is -3.84. The SMILES string of the molecule is COc1cc(NS(=O)(=O)c2ccc(NC(=S)NCc3ccc(F)cc3)cc2)ncn1. The summed E-state index contributed by atoms with van der Waals surface area (Å²) in [5.41, 5.74) is 1.48. The van der Waals surface area contributed by atoms with Crippen molar-refractivity contribution in [1.29, 1.82) is 0 Å². The molecule has 0 atom stereocenters. The van der Waals surface area contributed by atoms with Crippen LogP contribution in [0.4, 0.5) is 15.9 Å².